The standard InChI is InChI=1S/C17H21FN2O2S/c1-20(11-4-12-23(2,21)22)17(15-5-3-10-19-13-15)14-6-8-16(18)9-7-14/h3,5-10,13,17H,4,11-12H2,1-2H3/t17-/m0/s1. The van der Waals surface area contributed by atoms with Crippen molar-refractivity contribution in [2.45, 2.75) is 12.5 Å². The second-order valence-corrected chi connectivity index (χ2v) is 7.96. The lowest BCUT2D eigenvalue weighted by Crippen LogP contribution is -2.28. The van der Waals surface area contributed by atoms with E-state index in [2.05, 4.69) is 9.88 Å². The molecule has 1 aromatic carbocycles. The lowest BCUT2D eigenvalue weighted by Gasteiger charge is -2.28. The van der Waals surface area contributed by atoms with E-state index in [0.717, 1.165) is 11.1 Å². The molecule has 0 aliphatic rings. The van der Waals surface area contributed by atoms with E-state index in [1.165, 1.54) is 18.4 Å². The van der Waals surface area contributed by atoms with Gasteiger partial charge >= 0.3 is 0 Å². The molecule has 0 radical (unpaired) electrons. The minimum Gasteiger partial charge on any atom is -0.295 e. The third-order valence-electron chi connectivity index (χ3n) is 3.65. The predicted octanol–water partition coefficient (Wildman–Crippen LogP) is 2.68. The second-order valence-electron chi connectivity index (χ2n) is 5.70. The van der Waals surface area contributed by atoms with Crippen LogP contribution in [0.1, 0.15) is 23.6 Å². The van der Waals surface area contributed by atoms with Crippen LogP contribution in [0.2, 0.25) is 0 Å². The number of benzene rings is 1. The largest absolute Gasteiger partial charge is 0.295 e. The molecule has 1 heterocycles. The zero-order valence-electron chi connectivity index (χ0n) is 13.3. The van der Waals surface area contributed by atoms with Crippen molar-refractivity contribution in [1.29, 1.82) is 0 Å². The molecule has 0 aliphatic carbocycles. The summed E-state index contributed by atoms with van der Waals surface area (Å²) >= 11 is 0. The zero-order valence-corrected chi connectivity index (χ0v) is 14.1. The van der Waals surface area contributed by atoms with Crippen LogP contribution in [0.3, 0.4) is 0 Å². The van der Waals surface area contributed by atoms with Crippen LogP contribution in [-0.4, -0.2) is 43.9 Å². The van der Waals surface area contributed by atoms with E-state index in [1.54, 1.807) is 24.5 Å². The Hall–Kier alpha value is -1.79. The van der Waals surface area contributed by atoms with Crippen molar-refractivity contribution in [2.75, 3.05) is 25.6 Å². The molecule has 0 bridgehead atoms. The molecule has 6 heteroatoms. The van der Waals surface area contributed by atoms with E-state index in [9.17, 15) is 12.8 Å². The molecule has 0 saturated carbocycles. The van der Waals surface area contributed by atoms with Crippen molar-refractivity contribution in [2.24, 2.45) is 0 Å². The van der Waals surface area contributed by atoms with Gasteiger partial charge in [0.2, 0.25) is 0 Å². The maximum atomic E-state index is 13.2. The summed E-state index contributed by atoms with van der Waals surface area (Å²) in [5.41, 5.74) is 1.93. The van der Waals surface area contributed by atoms with Gasteiger partial charge in [-0.2, -0.15) is 0 Å². The summed E-state index contributed by atoms with van der Waals surface area (Å²) in [5.74, 6) is -0.126. The first kappa shape index (κ1) is 17.6. The number of hydrogen-bond donors (Lipinski definition) is 0. The quantitative estimate of drug-likeness (QED) is 0.780. The van der Waals surface area contributed by atoms with Gasteiger partial charge in [0, 0.05) is 18.6 Å². The first-order valence-electron chi connectivity index (χ1n) is 7.40. The smallest absolute Gasteiger partial charge is 0.147 e. The van der Waals surface area contributed by atoms with Crippen LogP contribution in [0.25, 0.3) is 0 Å². The Morgan fingerprint density at radius 3 is 2.43 bits per heavy atom. The van der Waals surface area contributed by atoms with E-state index in [0.29, 0.717) is 13.0 Å². The number of aromatic nitrogens is 1. The van der Waals surface area contributed by atoms with Crippen molar-refractivity contribution >= 4 is 9.84 Å². The van der Waals surface area contributed by atoms with Crippen LogP contribution in [0.5, 0.6) is 0 Å². The topological polar surface area (TPSA) is 50.3 Å². The van der Waals surface area contributed by atoms with Crippen molar-refractivity contribution in [3.05, 3.63) is 65.7 Å². The van der Waals surface area contributed by atoms with E-state index >= 15 is 0 Å². The van der Waals surface area contributed by atoms with Crippen LogP contribution in [-0.2, 0) is 9.84 Å². The fraction of sp³-hybridized carbons (Fsp3) is 0.353. The number of sulfone groups is 1. The molecule has 1 aromatic heterocycles. The fourth-order valence-corrected chi connectivity index (χ4v) is 3.24. The first-order valence-corrected chi connectivity index (χ1v) is 9.46. The van der Waals surface area contributed by atoms with E-state index in [-0.39, 0.29) is 17.6 Å². The average Bonchev–Trinajstić information content (AvgIpc) is 2.49. The molecule has 2 rings (SSSR count). The second kappa shape index (κ2) is 7.66. The molecule has 0 fully saturated rings. The summed E-state index contributed by atoms with van der Waals surface area (Å²) in [4.78, 5) is 6.22. The Morgan fingerprint density at radius 2 is 1.87 bits per heavy atom. The number of pyridine rings is 1. The summed E-state index contributed by atoms with van der Waals surface area (Å²) in [6.07, 6.45) is 5.27. The lowest BCUT2D eigenvalue weighted by molar-refractivity contribution is 0.279. The van der Waals surface area contributed by atoms with Gasteiger partial charge in [-0.15, -0.1) is 0 Å². The van der Waals surface area contributed by atoms with Gasteiger partial charge in [-0.3, -0.25) is 9.88 Å². The maximum absolute atomic E-state index is 13.2. The Bertz CT molecular complexity index is 718. The van der Waals surface area contributed by atoms with Crippen LogP contribution in [0.15, 0.2) is 48.8 Å². The highest BCUT2D eigenvalue weighted by atomic mass is 32.2. The predicted molar refractivity (Wildman–Crippen MR) is 89.4 cm³/mol. The molecular weight excluding hydrogens is 315 g/mol. The Balaban J connectivity index is 2.21. The Morgan fingerprint density at radius 1 is 1.17 bits per heavy atom. The SMILES string of the molecule is CN(CCCS(C)(=O)=O)[C@@H](c1ccc(F)cc1)c1cccnc1. The summed E-state index contributed by atoms with van der Waals surface area (Å²) in [6, 6.07) is 10.1. The average molecular weight is 336 g/mol. The van der Waals surface area contributed by atoms with Crippen LogP contribution in [0.4, 0.5) is 4.39 Å². The Labute approximate surface area is 136 Å². The molecule has 2 aromatic rings. The third-order valence-corrected chi connectivity index (χ3v) is 4.68. The number of hydrogen-bond acceptors (Lipinski definition) is 4. The molecular formula is C17H21FN2O2S. The van der Waals surface area contributed by atoms with Crippen molar-refractivity contribution in [3.8, 4) is 0 Å². The summed E-state index contributed by atoms with van der Waals surface area (Å²) in [5, 5.41) is 0. The maximum Gasteiger partial charge on any atom is 0.147 e. The highest BCUT2D eigenvalue weighted by Gasteiger charge is 2.19. The van der Waals surface area contributed by atoms with Crippen molar-refractivity contribution in [3.63, 3.8) is 0 Å². The van der Waals surface area contributed by atoms with Crippen LogP contribution in [0, 0.1) is 5.82 Å². The fourth-order valence-electron chi connectivity index (χ4n) is 2.59. The van der Waals surface area contributed by atoms with Gasteiger partial charge < -0.3 is 0 Å². The van der Waals surface area contributed by atoms with Gasteiger partial charge in [0.1, 0.15) is 15.7 Å². The number of halogens is 1. The van der Waals surface area contributed by atoms with Gasteiger partial charge in [0.05, 0.1) is 11.8 Å². The van der Waals surface area contributed by atoms with Gasteiger partial charge in [-0.05, 0) is 49.3 Å². The molecule has 0 N–H and O–H groups in total. The summed E-state index contributed by atoms with van der Waals surface area (Å²) in [6.45, 7) is 0.615. The zero-order chi connectivity index (χ0) is 16.9. The monoisotopic (exact) mass is 336 g/mol. The van der Waals surface area contributed by atoms with Crippen molar-refractivity contribution in [1.82, 2.24) is 9.88 Å². The lowest BCUT2D eigenvalue weighted by atomic mass is 9.98. The van der Waals surface area contributed by atoms with Gasteiger partial charge in [0.15, 0.2) is 0 Å². The van der Waals surface area contributed by atoms with Crippen LogP contribution >= 0.6 is 0 Å². The number of nitrogens with zero attached hydrogens (tertiary/aromatic N) is 2. The molecule has 23 heavy (non-hydrogen) atoms. The van der Waals surface area contributed by atoms with Crippen molar-refractivity contribution < 1.29 is 12.8 Å². The van der Waals surface area contributed by atoms with Crippen LogP contribution < -0.4 is 0 Å². The molecule has 0 unspecified atom stereocenters. The first-order chi connectivity index (χ1) is 10.9. The minimum absolute atomic E-state index is 0.0936. The molecule has 1 atom stereocenters. The highest BCUT2D eigenvalue weighted by Crippen LogP contribution is 2.27. The van der Waals surface area contributed by atoms with E-state index in [4.69, 9.17) is 0 Å². The summed E-state index contributed by atoms with van der Waals surface area (Å²) < 4.78 is 35.8. The minimum atomic E-state index is -2.97. The molecule has 124 valence electrons. The molecule has 0 aliphatic heterocycles. The summed E-state index contributed by atoms with van der Waals surface area (Å²) in [7, 11) is -1.04. The molecule has 0 saturated heterocycles. The number of rotatable bonds is 7. The molecule has 0 spiro atoms. The van der Waals surface area contributed by atoms with Gasteiger partial charge in [-0.1, -0.05) is 18.2 Å². The van der Waals surface area contributed by atoms with Gasteiger partial charge in [-0.25, -0.2) is 12.8 Å². The highest BCUT2D eigenvalue weighted by molar-refractivity contribution is 7.90. The van der Waals surface area contributed by atoms with E-state index in [1.807, 2.05) is 19.2 Å². The molecule has 0 amide bonds. The van der Waals surface area contributed by atoms with E-state index < -0.39 is 9.84 Å². The normalized spacial score (nSPS) is 13.2. The van der Waals surface area contributed by atoms with Gasteiger partial charge in [0.25, 0.3) is 0 Å². The Kier molecular flexibility index (Phi) is 5.85. The molecule has 4 nitrogen and oxygen atoms in total. The third kappa shape index (κ3) is 5.41.